The molecule has 4 nitrogen and oxygen atoms in total. The molecule has 9 aromatic rings. The normalized spacial score (nSPS) is 11.6. The molecule has 45 heavy (non-hydrogen) atoms. The Balaban J connectivity index is 1.11. The number of hydrogen-bond acceptors (Lipinski definition) is 3. The molecule has 2 heterocycles. The maximum Gasteiger partial charge on any atom is 0.227 e. The van der Waals surface area contributed by atoms with Crippen LogP contribution < -0.4 is 4.90 Å². The van der Waals surface area contributed by atoms with Crippen LogP contribution in [-0.2, 0) is 0 Å². The van der Waals surface area contributed by atoms with Crippen molar-refractivity contribution in [1.82, 2.24) is 9.55 Å². The summed E-state index contributed by atoms with van der Waals surface area (Å²) in [5, 5.41) is 4.74. The number of fused-ring (bicyclic) bond motifs is 6. The molecule has 9 rings (SSSR count). The molecular weight excluding hydrogens is 550 g/mol. The van der Waals surface area contributed by atoms with Crippen LogP contribution in [0.1, 0.15) is 0 Å². The lowest BCUT2D eigenvalue weighted by atomic mass is 10.1. The molecule has 7 aromatic carbocycles. The van der Waals surface area contributed by atoms with Gasteiger partial charge in [0.1, 0.15) is 5.52 Å². The molecule has 0 N–H and O–H groups in total. The number of para-hydroxylation sites is 3. The summed E-state index contributed by atoms with van der Waals surface area (Å²) in [6.07, 6.45) is 0. The van der Waals surface area contributed by atoms with E-state index in [0.717, 1.165) is 50.2 Å². The van der Waals surface area contributed by atoms with Gasteiger partial charge in [0.05, 0.1) is 11.0 Å². The Labute approximate surface area is 260 Å². The monoisotopic (exact) mass is 577 g/mol. The lowest BCUT2D eigenvalue weighted by molar-refractivity contribution is 0.623. The smallest absolute Gasteiger partial charge is 0.227 e. The number of aromatic nitrogens is 2. The summed E-state index contributed by atoms with van der Waals surface area (Å²) in [7, 11) is 0. The fourth-order valence-corrected chi connectivity index (χ4v) is 6.51. The molecule has 0 atom stereocenters. The number of nitrogens with zero attached hydrogens (tertiary/aromatic N) is 3. The number of anilines is 3. The molecule has 0 aliphatic carbocycles. The van der Waals surface area contributed by atoms with Crippen molar-refractivity contribution >= 4 is 60.7 Å². The molecule has 0 bridgehead atoms. The third-order valence-electron chi connectivity index (χ3n) is 8.61. The van der Waals surface area contributed by atoms with Crippen LogP contribution in [0.5, 0.6) is 0 Å². The first-order valence-corrected chi connectivity index (χ1v) is 15.1. The summed E-state index contributed by atoms with van der Waals surface area (Å²) >= 11 is 0. The molecule has 0 amide bonds. The topological polar surface area (TPSA) is 34.2 Å². The molecule has 0 unspecified atom stereocenters. The second-order valence-corrected chi connectivity index (χ2v) is 11.3. The molecule has 0 aliphatic heterocycles. The minimum atomic E-state index is 0.620. The first kappa shape index (κ1) is 25.4. The fourth-order valence-electron chi connectivity index (χ4n) is 6.51. The van der Waals surface area contributed by atoms with Crippen LogP contribution in [0, 0.1) is 0 Å². The predicted molar refractivity (Wildman–Crippen MR) is 186 cm³/mol. The first-order chi connectivity index (χ1) is 22.3. The van der Waals surface area contributed by atoms with E-state index in [4.69, 9.17) is 9.40 Å². The van der Waals surface area contributed by atoms with Gasteiger partial charge in [-0.15, -0.1) is 0 Å². The third-order valence-corrected chi connectivity index (χ3v) is 8.61. The van der Waals surface area contributed by atoms with Crippen molar-refractivity contribution in [2.75, 3.05) is 4.90 Å². The second kappa shape index (κ2) is 10.2. The summed E-state index contributed by atoms with van der Waals surface area (Å²) < 4.78 is 8.67. The Kier molecular flexibility index (Phi) is 5.78. The Morgan fingerprint density at radius 2 is 1.02 bits per heavy atom. The van der Waals surface area contributed by atoms with E-state index in [0.29, 0.717) is 5.89 Å². The Morgan fingerprint density at radius 3 is 1.71 bits per heavy atom. The average molecular weight is 578 g/mol. The molecule has 0 spiro atoms. The van der Waals surface area contributed by atoms with Crippen molar-refractivity contribution < 1.29 is 4.42 Å². The Hall–Kier alpha value is -6.13. The van der Waals surface area contributed by atoms with Crippen molar-refractivity contribution in [2.45, 2.75) is 0 Å². The molecule has 0 aliphatic rings. The van der Waals surface area contributed by atoms with Gasteiger partial charge in [0.2, 0.25) is 5.89 Å². The van der Waals surface area contributed by atoms with Crippen LogP contribution >= 0.6 is 0 Å². The van der Waals surface area contributed by atoms with Gasteiger partial charge < -0.3 is 13.9 Å². The molecule has 0 saturated carbocycles. The zero-order valence-electron chi connectivity index (χ0n) is 24.3. The second-order valence-electron chi connectivity index (χ2n) is 11.3. The van der Waals surface area contributed by atoms with Gasteiger partial charge >= 0.3 is 0 Å². The van der Waals surface area contributed by atoms with Gasteiger partial charge in [-0.05, 0) is 84.2 Å². The zero-order valence-corrected chi connectivity index (χ0v) is 24.3. The molecule has 0 radical (unpaired) electrons. The SMILES string of the molecule is c1ccc(N(c2ccc(-c3nc4ccc5ccccc5c4o3)cc2)c2ccc(-n3c4ccccc4c4ccccc43)cc2)cc1. The zero-order chi connectivity index (χ0) is 29.7. The van der Waals surface area contributed by atoms with Gasteiger partial charge in [0, 0.05) is 44.5 Å². The standard InChI is InChI=1S/C41H27N3O/c1-2-11-30(12-3-1)43(31-21-18-29(19-22-31)41-42-37-27-20-28-10-4-5-13-34(28)40(37)45-41)32-23-25-33(26-24-32)44-38-16-8-6-14-35(38)36-15-7-9-17-39(36)44/h1-27H. The van der Waals surface area contributed by atoms with Gasteiger partial charge in [-0.3, -0.25) is 0 Å². The van der Waals surface area contributed by atoms with Crippen molar-refractivity contribution in [3.63, 3.8) is 0 Å². The number of oxazole rings is 1. The largest absolute Gasteiger partial charge is 0.435 e. The van der Waals surface area contributed by atoms with Crippen LogP contribution in [0.25, 0.3) is 60.8 Å². The van der Waals surface area contributed by atoms with Crippen LogP contribution in [0.2, 0.25) is 0 Å². The van der Waals surface area contributed by atoms with E-state index in [1.807, 2.05) is 24.3 Å². The van der Waals surface area contributed by atoms with E-state index in [1.165, 1.54) is 21.8 Å². The van der Waals surface area contributed by atoms with Gasteiger partial charge in [-0.25, -0.2) is 4.98 Å². The van der Waals surface area contributed by atoms with Crippen molar-refractivity contribution in [3.8, 4) is 17.1 Å². The van der Waals surface area contributed by atoms with Crippen LogP contribution in [0.15, 0.2) is 168 Å². The molecule has 0 fully saturated rings. The van der Waals surface area contributed by atoms with Gasteiger partial charge in [-0.1, -0.05) is 84.9 Å². The van der Waals surface area contributed by atoms with Gasteiger partial charge in [0.25, 0.3) is 0 Å². The first-order valence-electron chi connectivity index (χ1n) is 15.1. The highest BCUT2D eigenvalue weighted by Gasteiger charge is 2.16. The maximum atomic E-state index is 6.32. The quantitative estimate of drug-likeness (QED) is 0.204. The lowest BCUT2D eigenvalue weighted by Gasteiger charge is -2.26. The van der Waals surface area contributed by atoms with E-state index in [-0.39, 0.29) is 0 Å². The summed E-state index contributed by atoms with van der Waals surface area (Å²) in [5.74, 6) is 0.620. The van der Waals surface area contributed by atoms with Gasteiger partial charge in [-0.2, -0.15) is 0 Å². The van der Waals surface area contributed by atoms with Crippen molar-refractivity contribution in [1.29, 1.82) is 0 Å². The molecular formula is C41H27N3O. The van der Waals surface area contributed by atoms with E-state index in [1.54, 1.807) is 0 Å². The Bertz CT molecular complexity index is 2420. The molecule has 2 aromatic heterocycles. The summed E-state index contributed by atoms with van der Waals surface area (Å²) in [6, 6.07) is 57.3. The van der Waals surface area contributed by atoms with E-state index in [9.17, 15) is 0 Å². The van der Waals surface area contributed by atoms with Crippen LogP contribution in [0.3, 0.4) is 0 Å². The van der Waals surface area contributed by atoms with Crippen molar-refractivity contribution in [3.05, 3.63) is 164 Å². The van der Waals surface area contributed by atoms with E-state index >= 15 is 0 Å². The number of benzene rings is 7. The number of rotatable bonds is 5. The minimum Gasteiger partial charge on any atom is -0.435 e. The maximum absolute atomic E-state index is 6.32. The van der Waals surface area contributed by atoms with E-state index in [2.05, 4.69) is 149 Å². The van der Waals surface area contributed by atoms with Crippen LogP contribution in [0.4, 0.5) is 17.1 Å². The minimum absolute atomic E-state index is 0.620. The molecule has 0 saturated heterocycles. The highest BCUT2D eigenvalue weighted by Crippen LogP contribution is 2.38. The number of hydrogen-bond donors (Lipinski definition) is 0. The summed E-state index contributed by atoms with van der Waals surface area (Å²) in [4.78, 5) is 7.10. The summed E-state index contributed by atoms with van der Waals surface area (Å²) in [6.45, 7) is 0. The highest BCUT2D eigenvalue weighted by molar-refractivity contribution is 6.09. The van der Waals surface area contributed by atoms with Crippen LogP contribution in [-0.4, -0.2) is 9.55 Å². The summed E-state index contributed by atoms with van der Waals surface area (Å²) in [5.41, 5.74) is 9.37. The lowest BCUT2D eigenvalue weighted by Crippen LogP contribution is -2.10. The van der Waals surface area contributed by atoms with Gasteiger partial charge in [0.15, 0.2) is 5.58 Å². The third kappa shape index (κ3) is 4.19. The predicted octanol–water partition coefficient (Wildman–Crippen LogP) is 11.2. The highest BCUT2D eigenvalue weighted by atomic mass is 16.3. The van der Waals surface area contributed by atoms with E-state index < -0.39 is 0 Å². The molecule has 212 valence electrons. The average Bonchev–Trinajstić information content (AvgIpc) is 3.70. The molecule has 4 heteroatoms. The Morgan fingerprint density at radius 1 is 0.467 bits per heavy atom. The fraction of sp³-hybridized carbons (Fsp3) is 0. The van der Waals surface area contributed by atoms with Crippen molar-refractivity contribution in [2.24, 2.45) is 0 Å².